The van der Waals surface area contributed by atoms with Crippen LogP contribution in [0.5, 0.6) is 5.75 Å². The molecule has 2 N–H and O–H groups in total. The van der Waals surface area contributed by atoms with E-state index in [2.05, 4.69) is 22.0 Å². The summed E-state index contributed by atoms with van der Waals surface area (Å²) in [7, 11) is 0. The predicted octanol–water partition coefficient (Wildman–Crippen LogP) is 3.79. The van der Waals surface area contributed by atoms with Crippen LogP contribution in [0.2, 0.25) is 0 Å². The normalized spacial score (nSPS) is 9.95. The maximum absolute atomic E-state index is 8.88. The first-order chi connectivity index (χ1) is 9.08. The Morgan fingerprint density at radius 1 is 1.26 bits per heavy atom. The molecule has 0 aliphatic rings. The van der Waals surface area contributed by atoms with E-state index < -0.39 is 0 Å². The van der Waals surface area contributed by atoms with Crippen molar-refractivity contribution >= 4 is 21.6 Å². The summed E-state index contributed by atoms with van der Waals surface area (Å²) in [5.41, 5.74) is 9.04. The molecule has 3 nitrogen and oxygen atoms in total. The quantitative estimate of drug-likeness (QED) is 0.876. The van der Waals surface area contributed by atoms with Crippen molar-refractivity contribution in [1.82, 2.24) is 0 Å². The molecular formula is C15H13BrN2O. The summed E-state index contributed by atoms with van der Waals surface area (Å²) in [4.78, 5) is 0. The highest BCUT2D eigenvalue weighted by atomic mass is 79.9. The molecule has 0 saturated heterocycles. The second-order valence-corrected chi connectivity index (χ2v) is 5.19. The number of nitrogen functional groups attached to an aromatic ring is 1. The molecule has 0 bridgehead atoms. The number of ether oxygens (including phenoxy) is 1. The van der Waals surface area contributed by atoms with Gasteiger partial charge < -0.3 is 10.5 Å². The number of anilines is 1. The Kier molecular flexibility index (Phi) is 4.08. The monoisotopic (exact) mass is 316 g/mol. The maximum atomic E-state index is 8.88. The number of nitriles is 1. The van der Waals surface area contributed by atoms with E-state index in [1.165, 1.54) is 0 Å². The van der Waals surface area contributed by atoms with Crippen LogP contribution < -0.4 is 10.5 Å². The molecule has 96 valence electrons. The fraction of sp³-hybridized carbons (Fsp3) is 0.133. The lowest BCUT2D eigenvalue weighted by Crippen LogP contribution is -1.98. The SMILES string of the molecule is Cc1ccc(C#N)cc1OCc1cc(N)cc(Br)c1. The lowest BCUT2D eigenvalue weighted by atomic mass is 10.1. The average Bonchev–Trinajstić information content (AvgIpc) is 2.37. The van der Waals surface area contributed by atoms with Gasteiger partial charge in [-0.3, -0.25) is 0 Å². The Morgan fingerprint density at radius 2 is 2.05 bits per heavy atom. The van der Waals surface area contributed by atoms with Gasteiger partial charge in [0, 0.05) is 10.2 Å². The average molecular weight is 317 g/mol. The van der Waals surface area contributed by atoms with Crippen molar-refractivity contribution < 1.29 is 4.74 Å². The van der Waals surface area contributed by atoms with Crippen molar-refractivity contribution in [2.45, 2.75) is 13.5 Å². The van der Waals surface area contributed by atoms with Gasteiger partial charge in [0.15, 0.2) is 0 Å². The molecule has 0 aromatic heterocycles. The Labute approximate surface area is 120 Å². The summed E-state index contributed by atoms with van der Waals surface area (Å²) in [5.74, 6) is 0.720. The number of nitrogens with two attached hydrogens (primary N) is 1. The molecule has 2 rings (SSSR count). The predicted molar refractivity (Wildman–Crippen MR) is 78.8 cm³/mol. The van der Waals surface area contributed by atoms with Gasteiger partial charge in [-0.05, 0) is 48.4 Å². The number of rotatable bonds is 3. The summed E-state index contributed by atoms with van der Waals surface area (Å²) >= 11 is 3.40. The van der Waals surface area contributed by atoms with E-state index in [-0.39, 0.29) is 0 Å². The zero-order valence-corrected chi connectivity index (χ0v) is 12.1. The summed E-state index contributed by atoms with van der Waals surface area (Å²) in [6.45, 7) is 2.37. The smallest absolute Gasteiger partial charge is 0.124 e. The summed E-state index contributed by atoms with van der Waals surface area (Å²) in [6, 6.07) is 13.2. The molecule has 2 aromatic carbocycles. The lowest BCUT2D eigenvalue weighted by molar-refractivity contribution is 0.304. The standard InChI is InChI=1S/C15H13BrN2O/c1-10-2-3-11(8-17)6-15(10)19-9-12-4-13(16)7-14(18)5-12/h2-7H,9,18H2,1H3. The van der Waals surface area contributed by atoms with E-state index in [1.54, 1.807) is 12.1 Å². The van der Waals surface area contributed by atoms with Gasteiger partial charge in [-0.2, -0.15) is 5.26 Å². The largest absolute Gasteiger partial charge is 0.489 e. The van der Waals surface area contributed by atoms with Gasteiger partial charge in [0.1, 0.15) is 12.4 Å². The van der Waals surface area contributed by atoms with Crippen LogP contribution in [0.25, 0.3) is 0 Å². The van der Waals surface area contributed by atoms with Crippen LogP contribution in [0.1, 0.15) is 16.7 Å². The number of hydrogen-bond donors (Lipinski definition) is 1. The van der Waals surface area contributed by atoms with Gasteiger partial charge in [-0.25, -0.2) is 0 Å². The van der Waals surface area contributed by atoms with E-state index >= 15 is 0 Å². The minimum atomic E-state index is 0.416. The summed E-state index contributed by atoms with van der Waals surface area (Å²) in [5, 5.41) is 8.88. The molecule has 19 heavy (non-hydrogen) atoms. The Morgan fingerprint density at radius 3 is 2.74 bits per heavy atom. The van der Waals surface area contributed by atoms with Crippen LogP contribution >= 0.6 is 15.9 Å². The molecule has 0 atom stereocenters. The fourth-order valence-corrected chi connectivity index (χ4v) is 2.30. The van der Waals surface area contributed by atoms with Crippen LogP contribution in [0.4, 0.5) is 5.69 Å². The molecule has 2 aromatic rings. The fourth-order valence-electron chi connectivity index (χ4n) is 1.74. The third-order valence-corrected chi connectivity index (χ3v) is 3.15. The highest BCUT2D eigenvalue weighted by Gasteiger charge is 2.03. The topological polar surface area (TPSA) is 59.0 Å². The highest BCUT2D eigenvalue weighted by Crippen LogP contribution is 2.22. The summed E-state index contributed by atoms with van der Waals surface area (Å²) in [6.07, 6.45) is 0. The summed E-state index contributed by atoms with van der Waals surface area (Å²) < 4.78 is 6.67. The van der Waals surface area contributed by atoms with Gasteiger partial charge >= 0.3 is 0 Å². The second-order valence-electron chi connectivity index (χ2n) is 4.27. The highest BCUT2D eigenvalue weighted by molar-refractivity contribution is 9.10. The van der Waals surface area contributed by atoms with Crippen molar-refractivity contribution in [1.29, 1.82) is 5.26 Å². The number of hydrogen-bond acceptors (Lipinski definition) is 3. The first-order valence-electron chi connectivity index (χ1n) is 5.77. The number of benzene rings is 2. The molecule has 0 aliphatic heterocycles. The number of nitrogens with zero attached hydrogens (tertiary/aromatic N) is 1. The van der Waals surface area contributed by atoms with Crippen LogP contribution in [0, 0.1) is 18.3 Å². The van der Waals surface area contributed by atoms with Crippen LogP contribution in [0.3, 0.4) is 0 Å². The minimum absolute atomic E-state index is 0.416. The lowest BCUT2D eigenvalue weighted by Gasteiger charge is -2.10. The van der Waals surface area contributed by atoms with Crippen molar-refractivity contribution in [2.24, 2.45) is 0 Å². The molecular weight excluding hydrogens is 304 g/mol. The van der Waals surface area contributed by atoms with Crippen LogP contribution in [-0.2, 0) is 6.61 Å². The van der Waals surface area contributed by atoms with Crippen LogP contribution in [0.15, 0.2) is 40.9 Å². The van der Waals surface area contributed by atoms with Crippen molar-refractivity contribution in [3.63, 3.8) is 0 Å². The van der Waals surface area contributed by atoms with E-state index in [4.69, 9.17) is 15.7 Å². The Balaban J connectivity index is 2.16. The third-order valence-electron chi connectivity index (χ3n) is 2.69. The molecule has 0 heterocycles. The van der Waals surface area contributed by atoms with E-state index in [9.17, 15) is 0 Å². The molecule has 4 heteroatoms. The third kappa shape index (κ3) is 3.49. The van der Waals surface area contributed by atoms with Gasteiger partial charge in [-0.1, -0.05) is 22.0 Å². The molecule has 0 aliphatic carbocycles. The zero-order valence-electron chi connectivity index (χ0n) is 10.5. The molecule has 0 unspecified atom stereocenters. The van der Waals surface area contributed by atoms with Gasteiger partial charge in [0.05, 0.1) is 11.6 Å². The Hall–Kier alpha value is -1.99. The molecule has 0 radical (unpaired) electrons. The molecule has 0 fully saturated rings. The van der Waals surface area contributed by atoms with Gasteiger partial charge in [0.25, 0.3) is 0 Å². The maximum Gasteiger partial charge on any atom is 0.124 e. The van der Waals surface area contributed by atoms with E-state index in [0.29, 0.717) is 17.9 Å². The van der Waals surface area contributed by atoms with Gasteiger partial charge in [0.2, 0.25) is 0 Å². The zero-order chi connectivity index (χ0) is 13.8. The van der Waals surface area contributed by atoms with Crippen molar-refractivity contribution in [3.8, 4) is 11.8 Å². The van der Waals surface area contributed by atoms with E-state index in [1.807, 2.05) is 31.2 Å². The van der Waals surface area contributed by atoms with Crippen LogP contribution in [-0.4, -0.2) is 0 Å². The first kappa shape index (κ1) is 13.4. The number of aryl methyl sites for hydroxylation is 1. The first-order valence-corrected chi connectivity index (χ1v) is 6.56. The number of halogens is 1. The van der Waals surface area contributed by atoms with Gasteiger partial charge in [-0.15, -0.1) is 0 Å². The Bertz CT molecular complexity index is 627. The molecule has 0 saturated carbocycles. The van der Waals surface area contributed by atoms with Crippen molar-refractivity contribution in [3.05, 3.63) is 57.6 Å². The van der Waals surface area contributed by atoms with Crippen molar-refractivity contribution in [2.75, 3.05) is 5.73 Å². The molecule has 0 amide bonds. The minimum Gasteiger partial charge on any atom is -0.489 e. The molecule has 0 spiro atoms. The van der Waals surface area contributed by atoms with E-state index in [0.717, 1.165) is 21.3 Å². The second kappa shape index (κ2) is 5.77.